The minimum absolute atomic E-state index is 0.0734. The summed E-state index contributed by atoms with van der Waals surface area (Å²) < 4.78 is 16.6. The molecule has 0 aromatic rings. The molecule has 8 heteroatoms. The van der Waals surface area contributed by atoms with Crippen molar-refractivity contribution in [3.8, 4) is 0 Å². The first-order valence-corrected chi connectivity index (χ1v) is 13.2. The van der Waals surface area contributed by atoms with Gasteiger partial charge in [0.1, 0.15) is 5.78 Å². The van der Waals surface area contributed by atoms with Crippen LogP contribution in [0.5, 0.6) is 0 Å². The third kappa shape index (κ3) is 10.8. The van der Waals surface area contributed by atoms with E-state index in [9.17, 15) is 24.5 Å². The molecule has 2 unspecified atom stereocenters. The zero-order chi connectivity index (χ0) is 20.3. The predicted molar refractivity (Wildman–Crippen MR) is 111 cm³/mol. The van der Waals surface area contributed by atoms with E-state index >= 15 is 0 Å². The first kappa shape index (κ1) is 24.9. The Bertz CT molecular complexity index is 506. The van der Waals surface area contributed by atoms with Crippen molar-refractivity contribution in [1.29, 1.82) is 0 Å². The van der Waals surface area contributed by atoms with Gasteiger partial charge in [0.15, 0.2) is 7.37 Å². The summed E-state index contributed by atoms with van der Waals surface area (Å²) in [5.74, 6) is 1.05. The van der Waals surface area contributed by atoms with Crippen molar-refractivity contribution in [2.75, 3.05) is 37.5 Å². The van der Waals surface area contributed by atoms with Crippen LogP contribution in [0, 0.1) is 11.8 Å². The molecule has 0 aliphatic heterocycles. The highest BCUT2D eigenvalue weighted by molar-refractivity contribution is 7.99. The second-order valence-electron chi connectivity index (χ2n) is 7.33. The van der Waals surface area contributed by atoms with Gasteiger partial charge in [-0.1, -0.05) is 25.5 Å². The standard InChI is InChI=1S/C19H35O6PS/c1-3-4-9-25-14-15(20)7-8-17-16(18(21)13-19(17)22)6-5-11-27-12-10-26(2,23)24/h7-8,15-17,19-20,22H,3-6,9-14H2,1-2H3,(H,23,24)/b8-7+/t15-,16-,17-,19?/m1/s1. The van der Waals surface area contributed by atoms with E-state index in [0.29, 0.717) is 24.9 Å². The van der Waals surface area contributed by atoms with Gasteiger partial charge < -0.3 is 19.8 Å². The smallest absolute Gasteiger partial charge is 0.198 e. The van der Waals surface area contributed by atoms with E-state index in [1.165, 1.54) is 6.66 Å². The van der Waals surface area contributed by atoms with Gasteiger partial charge in [0, 0.05) is 43.4 Å². The SMILES string of the molecule is CCCCOC[C@H](O)/C=C/[C@H]1C(O)CC(=O)[C@@H]1CCCSCCP(C)(=O)O. The average Bonchev–Trinajstić information content (AvgIpc) is 2.85. The van der Waals surface area contributed by atoms with Gasteiger partial charge in [0.25, 0.3) is 0 Å². The summed E-state index contributed by atoms with van der Waals surface area (Å²) in [4.78, 5) is 21.4. The van der Waals surface area contributed by atoms with E-state index in [1.54, 1.807) is 23.9 Å². The van der Waals surface area contributed by atoms with E-state index in [0.717, 1.165) is 25.0 Å². The van der Waals surface area contributed by atoms with E-state index in [1.807, 2.05) is 0 Å². The lowest BCUT2D eigenvalue weighted by Crippen LogP contribution is -2.20. The van der Waals surface area contributed by atoms with Gasteiger partial charge in [-0.2, -0.15) is 11.8 Å². The average molecular weight is 423 g/mol. The van der Waals surface area contributed by atoms with Crippen molar-refractivity contribution >= 4 is 24.9 Å². The molecule has 0 heterocycles. The zero-order valence-corrected chi connectivity index (χ0v) is 18.2. The van der Waals surface area contributed by atoms with Gasteiger partial charge in [0.2, 0.25) is 0 Å². The minimum atomic E-state index is -2.94. The fourth-order valence-electron chi connectivity index (χ4n) is 3.10. The highest BCUT2D eigenvalue weighted by atomic mass is 32.2. The van der Waals surface area contributed by atoms with Crippen molar-refractivity contribution < 1.29 is 29.2 Å². The summed E-state index contributed by atoms with van der Waals surface area (Å²) in [5, 5.41) is 20.1. The Balaban J connectivity index is 2.37. The number of carbonyl (C=O) groups is 1. The minimum Gasteiger partial charge on any atom is -0.392 e. The van der Waals surface area contributed by atoms with Crippen LogP contribution in [0.1, 0.15) is 39.0 Å². The molecule has 0 aromatic carbocycles. The van der Waals surface area contributed by atoms with Gasteiger partial charge in [-0.25, -0.2) is 0 Å². The van der Waals surface area contributed by atoms with Crippen molar-refractivity contribution in [1.82, 2.24) is 0 Å². The van der Waals surface area contributed by atoms with Crippen LogP contribution in [0.2, 0.25) is 0 Å². The molecule has 27 heavy (non-hydrogen) atoms. The molecule has 0 aromatic heterocycles. The number of ketones is 1. The fourth-order valence-corrected chi connectivity index (χ4v) is 5.54. The molecule has 3 N–H and O–H groups in total. The highest BCUT2D eigenvalue weighted by Crippen LogP contribution is 2.36. The second kappa shape index (κ2) is 13.1. The highest BCUT2D eigenvalue weighted by Gasteiger charge is 2.39. The quantitative estimate of drug-likeness (QED) is 0.225. The maximum Gasteiger partial charge on any atom is 0.198 e. The van der Waals surface area contributed by atoms with Crippen LogP contribution in [-0.2, 0) is 14.1 Å². The normalized spacial score (nSPS) is 26.6. The monoisotopic (exact) mass is 422 g/mol. The zero-order valence-electron chi connectivity index (χ0n) is 16.5. The molecular formula is C19H35O6PS. The van der Waals surface area contributed by atoms with E-state index in [4.69, 9.17) is 4.74 Å². The van der Waals surface area contributed by atoms with Crippen LogP contribution < -0.4 is 0 Å². The van der Waals surface area contributed by atoms with Crippen molar-refractivity contribution in [3.63, 3.8) is 0 Å². The molecule has 0 spiro atoms. The van der Waals surface area contributed by atoms with Gasteiger partial charge in [-0.3, -0.25) is 9.36 Å². The predicted octanol–water partition coefficient (Wildman–Crippen LogP) is 2.70. The second-order valence-corrected chi connectivity index (χ2v) is 11.1. The van der Waals surface area contributed by atoms with Gasteiger partial charge in [-0.05, 0) is 25.0 Å². The van der Waals surface area contributed by atoms with Crippen LogP contribution in [0.25, 0.3) is 0 Å². The van der Waals surface area contributed by atoms with Gasteiger partial charge >= 0.3 is 0 Å². The Morgan fingerprint density at radius 2 is 2.11 bits per heavy atom. The Kier molecular flexibility index (Phi) is 12.1. The maximum atomic E-state index is 12.2. The Morgan fingerprint density at radius 1 is 1.37 bits per heavy atom. The molecule has 0 bridgehead atoms. The van der Waals surface area contributed by atoms with Crippen LogP contribution in [-0.4, -0.2) is 70.6 Å². The Morgan fingerprint density at radius 3 is 2.78 bits per heavy atom. The van der Waals surface area contributed by atoms with Crippen molar-refractivity contribution in [2.45, 2.75) is 51.2 Å². The lowest BCUT2D eigenvalue weighted by atomic mass is 9.89. The third-order valence-electron chi connectivity index (χ3n) is 4.67. The van der Waals surface area contributed by atoms with Crippen LogP contribution in [0.4, 0.5) is 0 Å². The molecule has 158 valence electrons. The molecule has 1 aliphatic rings. The number of hydrogen-bond acceptors (Lipinski definition) is 6. The molecule has 1 saturated carbocycles. The number of unbranched alkanes of at least 4 members (excludes halogenated alkanes) is 1. The van der Waals surface area contributed by atoms with Crippen molar-refractivity contribution in [2.24, 2.45) is 11.8 Å². The summed E-state index contributed by atoms with van der Waals surface area (Å²) in [6.45, 7) is 4.29. The molecule has 0 amide bonds. The maximum absolute atomic E-state index is 12.2. The Hall–Kier alpha value is -0.170. The molecular weight excluding hydrogens is 387 g/mol. The largest absolute Gasteiger partial charge is 0.392 e. The molecule has 1 aliphatic carbocycles. The molecule has 0 saturated heterocycles. The fraction of sp³-hybridized carbons (Fsp3) is 0.842. The number of hydrogen-bond donors (Lipinski definition) is 3. The third-order valence-corrected chi connectivity index (χ3v) is 7.10. The number of rotatable bonds is 14. The van der Waals surface area contributed by atoms with Crippen molar-refractivity contribution in [3.05, 3.63) is 12.2 Å². The lowest BCUT2D eigenvalue weighted by Gasteiger charge is -2.18. The summed E-state index contributed by atoms with van der Waals surface area (Å²) in [6, 6.07) is 0. The first-order chi connectivity index (χ1) is 12.7. The number of aliphatic hydroxyl groups excluding tert-OH is 2. The summed E-state index contributed by atoms with van der Waals surface area (Å²) in [5.41, 5.74) is 0. The van der Waals surface area contributed by atoms with Crippen LogP contribution in [0.3, 0.4) is 0 Å². The van der Waals surface area contributed by atoms with E-state index in [-0.39, 0.29) is 30.6 Å². The number of carbonyl (C=O) groups excluding carboxylic acids is 1. The molecule has 1 rings (SSSR count). The van der Waals surface area contributed by atoms with Crippen LogP contribution >= 0.6 is 19.1 Å². The topological polar surface area (TPSA) is 104 Å². The molecule has 1 fully saturated rings. The number of Topliss-reactive ketones (excluding diaryl/α,β-unsaturated/α-hetero) is 1. The Labute approximate surface area is 167 Å². The van der Waals surface area contributed by atoms with Gasteiger partial charge in [0.05, 0.1) is 18.8 Å². The molecule has 5 atom stereocenters. The van der Waals surface area contributed by atoms with Crippen LogP contribution in [0.15, 0.2) is 12.2 Å². The van der Waals surface area contributed by atoms with E-state index < -0.39 is 19.6 Å². The first-order valence-electron chi connectivity index (χ1n) is 9.76. The summed E-state index contributed by atoms with van der Waals surface area (Å²) in [6.07, 6.45) is 5.94. The van der Waals surface area contributed by atoms with E-state index in [2.05, 4.69) is 6.92 Å². The summed E-state index contributed by atoms with van der Waals surface area (Å²) in [7, 11) is -2.94. The lowest BCUT2D eigenvalue weighted by molar-refractivity contribution is -0.121. The number of ether oxygens (including phenoxy) is 1. The number of thioether (sulfide) groups is 1. The molecule has 0 radical (unpaired) electrons. The molecule has 6 nitrogen and oxygen atoms in total. The summed E-state index contributed by atoms with van der Waals surface area (Å²) >= 11 is 1.62. The van der Waals surface area contributed by atoms with Gasteiger partial charge in [-0.15, -0.1) is 0 Å². The number of aliphatic hydroxyl groups is 2.